The highest BCUT2D eigenvalue weighted by atomic mass is 16.6. The van der Waals surface area contributed by atoms with Crippen molar-refractivity contribution in [3.05, 3.63) is 95.6 Å². The van der Waals surface area contributed by atoms with Crippen LogP contribution in [0.15, 0.2) is 78.9 Å². The third-order valence-electron chi connectivity index (χ3n) is 5.09. The Morgan fingerprint density at radius 3 is 2.00 bits per heavy atom. The van der Waals surface area contributed by atoms with Gasteiger partial charge in [0.2, 0.25) is 0 Å². The zero-order valence-electron chi connectivity index (χ0n) is 19.4. The van der Waals surface area contributed by atoms with E-state index in [1.54, 1.807) is 6.92 Å². The Kier molecular flexibility index (Phi) is 9.80. The average molecular weight is 449 g/mol. The van der Waals surface area contributed by atoms with Gasteiger partial charge in [-0.15, -0.1) is 0 Å². The van der Waals surface area contributed by atoms with Gasteiger partial charge >= 0.3 is 5.97 Å². The summed E-state index contributed by atoms with van der Waals surface area (Å²) in [5.41, 5.74) is 3.34. The average Bonchev–Trinajstić information content (AvgIpc) is 2.85. The molecule has 5 heteroatoms. The smallest absolute Gasteiger partial charge is 0.335 e. The highest BCUT2D eigenvalue weighted by Gasteiger charge is 2.20. The maximum Gasteiger partial charge on any atom is 0.335 e. The Morgan fingerprint density at radius 1 is 0.727 bits per heavy atom. The normalized spacial score (nSPS) is 11.6. The molecule has 0 aliphatic heterocycles. The van der Waals surface area contributed by atoms with E-state index in [2.05, 4.69) is 24.3 Å². The minimum Gasteiger partial charge on any atom is -0.493 e. The number of hydrogen-bond donors (Lipinski definition) is 0. The third kappa shape index (κ3) is 8.28. The molecule has 5 nitrogen and oxygen atoms in total. The van der Waals surface area contributed by atoms with Gasteiger partial charge in [0.25, 0.3) is 0 Å². The summed E-state index contributed by atoms with van der Waals surface area (Å²) in [4.78, 5) is 12.0. The van der Waals surface area contributed by atoms with Crippen LogP contribution in [0.25, 0.3) is 0 Å². The Labute approximate surface area is 196 Å². The van der Waals surface area contributed by atoms with Gasteiger partial charge < -0.3 is 18.9 Å². The van der Waals surface area contributed by atoms with E-state index >= 15 is 0 Å². The third-order valence-corrected chi connectivity index (χ3v) is 5.09. The Morgan fingerprint density at radius 2 is 1.36 bits per heavy atom. The van der Waals surface area contributed by atoms with Gasteiger partial charge in [-0.05, 0) is 54.8 Å². The molecule has 1 atom stereocenters. The molecule has 0 bridgehead atoms. The molecule has 0 radical (unpaired) electrons. The first-order valence-electron chi connectivity index (χ1n) is 11.4. The van der Waals surface area contributed by atoms with Crippen LogP contribution < -0.4 is 9.47 Å². The number of carbonyl (C=O) groups excluding carboxylic acids is 1. The molecule has 33 heavy (non-hydrogen) atoms. The van der Waals surface area contributed by atoms with Gasteiger partial charge in [0, 0.05) is 19.4 Å². The summed E-state index contributed by atoms with van der Waals surface area (Å²) in [6.45, 7) is 5.61. The summed E-state index contributed by atoms with van der Waals surface area (Å²) in [5, 5.41) is 0. The Hall–Kier alpha value is -3.31. The fourth-order valence-electron chi connectivity index (χ4n) is 3.36. The zero-order valence-corrected chi connectivity index (χ0v) is 19.4. The molecule has 0 saturated heterocycles. The molecule has 0 aliphatic rings. The second-order valence-corrected chi connectivity index (χ2v) is 7.56. The molecular weight excluding hydrogens is 416 g/mol. The van der Waals surface area contributed by atoms with Gasteiger partial charge in [-0.3, -0.25) is 0 Å². The van der Waals surface area contributed by atoms with Crippen molar-refractivity contribution in [2.24, 2.45) is 0 Å². The monoisotopic (exact) mass is 448 g/mol. The number of ether oxygens (including phenoxy) is 4. The predicted molar refractivity (Wildman–Crippen MR) is 129 cm³/mol. The molecule has 1 unspecified atom stereocenters. The van der Waals surface area contributed by atoms with Crippen molar-refractivity contribution in [1.29, 1.82) is 0 Å². The molecule has 0 amide bonds. The lowest BCUT2D eigenvalue weighted by Gasteiger charge is -2.15. The second kappa shape index (κ2) is 13.3. The van der Waals surface area contributed by atoms with Crippen LogP contribution in [0.2, 0.25) is 0 Å². The summed E-state index contributed by atoms with van der Waals surface area (Å²) >= 11 is 0. The van der Waals surface area contributed by atoms with Crippen LogP contribution in [-0.2, 0) is 33.7 Å². The summed E-state index contributed by atoms with van der Waals surface area (Å²) in [7, 11) is 0. The molecular formula is C28H32O5. The standard InChI is InChI=1S/C28H32O5/c1-3-30-27(28(29)31-4-2)20-23-12-16-25(17-13-23)32-19-18-22-10-14-26(15-11-22)33-21-24-8-6-5-7-9-24/h5-17,27H,3-4,18-21H2,1-2H3. The zero-order chi connectivity index (χ0) is 23.3. The fraction of sp³-hybridized carbons (Fsp3) is 0.321. The summed E-state index contributed by atoms with van der Waals surface area (Å²) in [5.74, 6) is 1.33. The van der Waals surface area contributed by atoms with Crippen molar-refractivity contribution in [3.63, 3.8) is 0 Å². The largest absolute Gasteiger partial charge is 0.493 e. The van der Waals surface area contributed by atoms with E-state index < -0.39 is 6.10 Å². The van der Waals surface area contributed by atoms with E-state index in [1.807, 2.05) is 61.5 Å². The first-order valence-corrected chi connectivity index (χ1v) is 11.4. The molecule has 174 valence electrons. The molecule has 3 aromatic carbocycles. The lowest BCUT2D eigenvalue weighted by molar-refractivity contribution is -0.156. The van der Waals surface area contributed by atoms with Gasteiger partial charge in [-0.2, -0.15) is 0 Å². The van der Waals surface area contributed by atoms with Crippen molar-refractivity contribution < 1.29 is 23.7 Å². The van der Waals surface area contributed by atoms with Crippen LogP contribution in [0.5, 0.6) is 11.5 Å². The van der Waals surface area contributed by atoms with Crippen molar-refractivity contribution in [2.45, 2.75) is 39.4 Å². The summed E-state index contributed by atoms with van der Waals surface area (Å²) in [6.07, 6.45) is 0.697. The molecule has 3 rings (SSSR count). The maximum absolute atomic E-state index is 12.0. The lowest BCUT2D eigenvalue weighted by Crippen LogP contribution is -2.28. The summed E-state index contributed by atoms with van der Waals surface area (Å²) < 4.78 is 22.3. The summed E-state index contributed by atoms with van der Waals surface area (Å²) in [6, 6.07) is 26.0. The molecule has 0 fully saturated rings. The van der Waals surface area contributed by atoms with Gasteiger partial charge in [-0.1, -0.05) is 54.6 Å². The first-order chi connectivity index (χ1) is 16.2. The maximum atomic E-state index is 12.0. The topological polar surface area (TPSA) is 54.0 Å². The first kappa shape index (κ1) is 24.3. The van der Waals surface area contributed by atoms with E-state index in [-0.39, 0.29) is 5.97 Å². The van der Waals surface area contributed by atoms with Crippen LogP contribution in [0, 0.1) is 0 Å². The Bertz CT molecular complexity index is 952. The SMILES string of the molecule is CCOC(=O)C(Cc1ccc(OCCc2ccc(OCc3ccccc3)cc2)cc1)OCC. The number of benzene rings is 3. The fourth-order valence-corrected chi connectivity index (χ4v) is 3.36. The van der Waals surface area contributed by atoms with E-state index in [4.69, 9.17) is 18.9 Å². The number of rotatable bonds is 13. The Balaban J connectivity index is 1.42. The quantitative estimate of drug-likeness (QED) is 0.328. The number of esters is 1. The molecule has 3 aromatic rings. The molecule has 0 aromatic heterocycles. The minimum atomic E-state index is -0.582. The highest BCUT2D eigenvalue weighted by Crippen LogP contribution is 2.17. The van der Waals surface area contributed by atoms with Gasteiger partial charge in [0.1, 0.15) is 18.1 Å². The van der Waals surface area contributed by atoms with Crippen LogP contribution in [0.4, 0.5) is 0 Å². The minimum absolute atomic E-state index is 0.323. The van der Waals surface area contributed by atoms with Crippen molar-refractivity contribution in [1.82, 2.24) is 0 Å². The van der Waals surface area contributed by atoms with Crippen LogP contribution in [-0.4, -0.2) is 31.9 Å². The van der Waals surface area contributed by atoms with Gasteiger partial charge in [0.05, 0.1) is 13.2 Å². The molecule has 0 spiro atoms. The van der Waals surface area contributed by atoms with Crippen LogP contribution >= 0.6 is 0 Å². The van der Waals surface area contributed by atoms with Gasteiger partial charge in [0.15, 0.2) is 6.10 Å². The van der Waals surface area contributed by atoms with Crippen molar-refractivity contribution in [3.8, 4) is 11.5 Å². The second-order valence-electron chi connectivity index (χ2n) is 7.56. The van der Waals surface area contributed by atoms with E-state index in [0.29, 0.717) is 32.8 Å². The van der Waals surface area contributed by atoms with Crippen LogP contribution in [0.1, 0.15) is 30.5 Å². The molecule has 0 heterocycles. The van der Waals surface area contributed by atoms with Crippen LogP contribution in [0.3, 0.4) is 0 Å². The number of carbonyl (C=O) groups is 1. The van der Waals surface area contributed by atoms with Crippen molar-refractivity contribution in [2.75, 3.05) is 19.8 Å². The van der Waals surface area contributed by atoms with Crippen molar-refractivity contribution >= 4 is 5.97 Å². The molecule has 0 saturated carbocycles. The van der Waals surface area contributed by atoms with E-state index in [9.17, 15) is 4.79 Å². The predicted octanol–water partition coefficient (Wildman–Crippen LogP) is 5.40. The van der Waals surface area contributed by atoms with Gasteiger partial charge in [-0.25, -0.2) is 4.79 Å². The van der Waals surface area contributed by atoms with E-state index in [0.717, 1.165) is 29.0 Å². The molecule has 0 aliphatic carbocycles. The molecule has 0 N–H and O–H groups in total. The number of hydrogen-bond acceptors (Lipinski definition) is 5. The highest BCUT2D eigenvalue weighted by molar-refractivity contribution is 5.75. The van der Waals surface area contributed by atoms with E-state index in [1.165, 1.54) is 5.56 Å². The lowest BCUT2D eigenvalue weighted by atomic mass is 10.1.